The third kappa shape index (κ3) is 4.63. The first-order chi connectivity index (χ1) is 12.7. The minimum Gasteiger partial charge on any atom is -0.353 e. The maximum Gasteiger partial charge on any atom is 0.224 e. The lowest BCUT2D eigenvalue weighted by molar-refractivity contribution is -0.127. The second-order valence-electron chi connectivity index (χ2n) is 8.25. The van der Waals surface area contributed by atoms with Crippen molar-refractivity contribution in [3.8, 4) is 0 Å². The molecule has 0 spiro atoms. The molecular formula is C21H30FN3O. The van der Waals surface area contributed by atoms with Crippen LogP contribution in [0.3, 0.4) is 0 Å². The normalized spacial score (nSPS) is 26.0. The third-order valence-electron chi connectivity index (χ3n) is 6.14. The van der Waals surface area contributed by atoms with Gasteiger partial charge in [-0.2, -0.15) is 0 Å². The van der Waals surface area contributed by atoms with Crippen LogP contribution in [0, 0.1) is 11.7 Å². The minimum atomic E-state index is -0.169. The van der Waals surface area contributed by atoms with Gasteiger partial charge in [-0.15, -0.1) is 0 Å². The molecule has 3 aliphatic rings. The van der Waals surface area contributed by atoms with Gasteiger partial charge >= 0.3 is 0 Å². The van der Waals surface area contributed by atoms with Crippen LogP contribution in [0.1, 0.15) is 44.1 Å². The van der Waals surface area contributed by atoms with Crippen molar-refractivity contribution in [1.82, 2.24) is 15.1 Å². The summed E-state index contributed by atoms with van der Waals surface area (Å²) in [7, 11) is 0. The number of amides is 1. The summed E-state index contributed by atoms with van der Waals surface area (Å²) < 4.78 is 13.0. The first-order valence-corrected chi connectivity index (χ1v) is 10.2. The van der Waals surface area contributed by atoms with Crippen LogP contribution in [-0.4, -0.2) is 54.0 Å². The van der Waals surface area contributed by atoms with E-state index in [9.17, 15) is 9.18 Å². The predicted molar refractivity (Wildman–Crippen MR) is 100 cm³/mol. The molecule has 1 N–H and O–H groups in total. The summed E-state index contributed by atoms with van der Waals surface area (Å²) >= 11 is 0. The summed E-state index contributed by atoms with van der Waals surface area (Å²) in [6.45, 7) is 5.13. The molecule has 1 atom stereocenters. The predicted octanol–water partition coefficient (Wildman–Crippen LogP) is 2.78. The van der Waals surface area contributed by atoms with Crippen LogP contribution >= 0.6 is 0 Å². The Balaban J connectivity index is 1.24. The lowest BCUT2D eigenvalue weighted by Gasteiger charge is -2.42. The van der Waals surface area contributed by atoms with E-state index in [0.29, 0.717) is 12.1 Å². The summed E-state index contributed by atoms with van der Waals surface area (Å²) in [6.07, 6.45) is 6.83. The zero-order valence-corrected chi connectivity index (χ0v) is 15.5. The molecule has 1 saturated carbocycles. The molecule has 0 radical (unpaired) electrons. The van der Waals surface area contributed by atoms with Gasteiger partial charge in [-0.1, -0.05) is 12.1 Å². The quantitative estimate of drug-likeness (QED) is 0.878. The molecule has 4 rings (SSSR count). The summed E-state index contributed by atoms with van der Waals surface area (Å²) in [4.78, 5) is 17.4. The van der Waals surface area contributed by atoms with Gasteiger partial charge in [-0.3, -0.25) is 14.6 Å². The van der Waals surface area contributed by atoms with E-state index in [1.54, 1.807) is 12.1 Å². The molecular weight excluding hydrogens is 329 g/mol. The number of hydrogen-bond acceptors (Lipinski definition) is 3. The van der Waals surface area contributed by atoms with Crippen LogP contribution in [0.15, 0.2) is 24.3 Å². The average Bonchev–Trinajstić information content (AvgIpc) is 3.48. The van der Waals surface area contributed by atoms with Crippen LogP contribution in [0.4, 0.5) is 4.39 Å². The van der Waals surface area contributed by atoms with Gasteiger partial charge in [0.15, 0.2) is 0 Å². The number of likely N-dealkylation sites (tertiary alicyclic amines) is 2. The number of halogens is 1. The number of benzene rings is 1. The van der Waals surface area contributed by atoms with Crippen molar-refractivity contribution < 1.29 is 9.18 Å². The highest BCUT2D eigenvalue weighted by Gasteiger charge is 2.33. The molecule has 2 saturated heterocycles. The smallest absolute Gasteiger partial charge is 0.224 e. The first kappa shape index (κ1) is 17.9. The third-order valence-corrected chi connectivity index (χ3v) is 6.14. The molecule has 2 aliphatic heterocycles. The number of carbonyl (C=O) groups excluding carboxylic acids is 1. The molecule has 1 aromatic carbocycles. The molecule has 0 unspecified atom stereocenters. The van der Waals surface area contributed by atoms with E-state index >= 15 is 0 Å². The molecule has 1 aromatic rings. The topological polar surface area (TPSA) is 35.6 Å². The van der Waals surface area contributed by atoms with E-state index in [0.717, 1.165) is 71.2 Å². The largest absolute Gasteiger partial charge is 0.353 e. The molecule has 2 heterocycles. The summed E-state index contributed by atoms with van der Waals surface area (Å²) in [5.41, 5.74) is 1.18. The molecule has 4 nitrogen and oxygen atoms in total. The number of piperidine rings is 2. The first-order valence-electron chi connectivity index (χ1n) is 10.2. The van der Waals surface area contributed by atoms with Crippen molar-refractivity contribution in [2.45, 2.75) is 57.2 Å². The van der Waals surface area contributed by atoms with Crippen LogP contribution in [-0.2, 0) is 11.3 Å². The molecule has 1 amide bonds. The Kier molecular flexibility index (Phi) is 5.55. The van der Waals surface area contributed by atoms with E-state index in [2.05, 4.69) is 15.1 Å². The Bertz CT molecular complexity index is 608. The summed E-state index contributed by atoms with van der Waals surface area (Å²) in [6, 6.07) is 7.93. The Morgan fingerprint density at radius 1 is 1.04 bits per heavy atom. The maximum atomic E-state index is 13.0. The van der Waals surface area contributed by atoms with Crippen molar-refractivity contribution >= 4 is 5.91 Å². The van der Waals surface area contributed by atoms with Gasteiger partial charge in [-0.25, -0.2) is 4.39 Å². The fourth-order valence-corrected chi connectivity index (χ4v) is 4.39. The summed E-state index contributed by atoms with van der Waals surface area (Å²) in [5, 5.41) is 3.18. The molecule has 1 aliphatic carbocycles. The maximum absolute atomic E-state index is 13.0. The van der Waals surface area contributed by atoms with Crippen molar-refractivity contribution in [3.63, 3.8) is 0 Å². The molecule has 5 heteroatoms. The van der Waals surface area contributed by atoms with Gasteiger partial charge in [0.05, 0.1) is 5.92 Å². The molecule has 142 valence electrons. The van der Waals surface area contributed by atoms with Crippen molar-refractivity contribution in [3.05, 3.63) is 35.6 Å². The van der Waals surface area contributed by atoms with Gasteiger partial charge in [0.25, 0.3) is 0 Å². The Hall–Kier alpha value is -1.46. The standard InChI is InChI=1S/C21H30FN3O/c22-18-5-3-16(4-6-18)14-24-12-9-20(10-13-24)25-11-1-2-17(15-25)21(26)23-19-7-8-19/h3-6,17,19-20H,1-2,7-15H2,(H,23,26)/t17-/m1/s1. The van der Waals surface area contributed by atoms with Gasteiger partial charge in [-0.05, 0) is 75.9 Å². The Morgan fingerprint density at radius 3 is 2.46 bits per heavy atom. The number of nitrogens with zero attached hydrogens (tertiary/aromatic N) is 2. The lowest BCUT2D eigenvalue weighted by atomic mass is 9.93. The van der Waals surface area contributed by atoms with Gasteiger partial charge in [0.2, 0.25) is 5.91 Å². The van der Waals surface area contributed by atoms with Gasteiger partial charge in [0.1, 0.15) is 5.82 Å². The lowest BCUT2D eigenvalue weighted by Crippen LogP contribution is -2.50. The highest BCUT2D eigenvalue weighted by Crippen LogP contribution is 2.26. The molecule has 0 aromatic heterocycles. The SMILES string of the molecule is O=C(NC1CC1)[C@@H]1CCCN(C2CCN(Cc3ccc(F)cc3)CC2)C1. The Morgan fingerprint density at radius 2 is 1.77 bits per heavy atom. The van der Waals surface area contributed by atoms with Crippen LogP contribution < -0.4 is 5.32 Å². The van der Waals surface area contributed by atoms with Crippen LogP contribution in [0.5, 0.6) is 0 Å². The van der Waals surface area contributed by atoms with E-state index in [-0.39, 0.29) is 17.6 Å². The van der Waals surface area contributed by atoms with E-state index < -0.39 is 0 Å². The highest BCUT2D eigenvalue weighted by atomic mass is 19.1. The molecule has 26 heavy (non-hydrogen) atoms. The fraction of sp³-hybridized carbons (Fsp3) is 0.667. The van der Waals surface area contributed by atoms with Crippen molar-refractivity contribution in [2.24, 2.45) is 5.92 Å². The highest BCUT2D eigenvalue weighted by molar-refractivity contribution is 5.79. The molecule has 0 bridgehead atoms. The Labute approximate surface area is 155 Å². The number of hydrogen-bond donors (Lipinski definition) is 1. The zero-order chi connectivity index (χ0) is 17.9. The van der Waals surface area contributed by atoms with Crippen LogP contribution in [0.2, 0.25) is 0 Å². The fourth-order valence-electron chi connectivity index (χ4n) is 4.39. The number of nitrogens with one attached hydrogen (secondary N) is 1. The zero-order valence-electron chi connectivity index (χ0n) is 15.5. The summed E-state index contributed by atoms with van der Waals surface area (Å²) in [5.74, 6) is 0.297. The van der Waals surface area contributed by atoms with E-state index in [1.807, 2.05) is 12.1 Å². The minimum absolute atomic E-state index is 0.169. The molecule has 3 fully saturated rings. The van der Waals surface area contributed by atoms with E-state index in [1.165, 1.54) is 5.56 Å². The van der Waals surface area contributed by atoms with Crippen molar-refractivity contribution in [1.29, 1.82) is 0 Å². The van der Waals surface area contributed by atoms with Crippen LogP contribution in [0.25, 0.3) is 0 Å². The second-order valence-corrected chi connectivity index (χ2v) is 8.25. The van der Waals surface area contributed by atoms with Gasteiger partial charge in [0, 0.05) is 25.2 Å². The van der Waals surface area contributed by atoms with Crippen molar-refractivity contribution in [2.75, 3.05) is 26.2 Å². The monoisotopic (exact) mass is 359 g/mol. The average molecular weight is 359 g/mol. The van der Waals surface area contributed by atoms with E-state index in [4.69, 9.17) is 0 Å². The number of carbonyl (C=O) groups is 1. The number of rotatable bonds is 5. The second kappa shape index (κ2) is 8.05. The van der Waals surface area contributed by atoms with Gasteiger partial charge < -0.3 is 5.32 Å².